The minimum absolute atomic E-state index is 0.0730. The average molecular weight is 591 g/mol. The highest BCUT2D eigenvalue weighted by Gasteiger charge is 2.21. The van der Waals surface area contributed by atoms with Crippen LogP contribution in [-0.2, 0) is 40.1 Å². The van der Waals surface area contributed by atoms with E-state index in [1.807, 2.05) is 84.9 Å². The molecule has 0 aliphatic rings. The number of aryl methyl sites for hydroxylation is 4. The zero-order valence-corrected chi connectivity index (χ0v) is 27.1. The smallest absolute Gasteiger partial charge is 0.133 e. The third-order valence-electron chi connectivity index (χ3n) is 7.36. The van der Waals surface area contributed by atoms with E-state index in [9.17, 15) is 14.4 Å². The minimum atomic E-state index is 0.0730. The molecule has 0 spiro atoms. The lowest BCUT2D eigenvalue weighted by molar-refractivity contribution is -0.121. The van der Waals surface area contributed by atoms with Gasteiger partial charge in [0, 0.05) is 25.7 Å². The van der Waals surface area contributed by atoms with Crippen molar-refractivity contribution in [1.82, 2.24) is 0 Å². The molecule has 0 unspecified atom stereocenters. The van der Waals surface area contributed by atoms with E-state index in [0.29, 0.717) is 31.5 Å². The summed E-state index contributed by atoms with van der Waals surface area (Å²) < 4.78 is 0. The molecule has 0 heterocycles. The van der Waals surface area contributed by atoms with E-state index in [1.54, 1.807) is 13.8 Å². The highest BCUT2D eigenvalue weighted by atomic mass is 16.1. The lowest BCUT2D eigenvalue weighted by Crippen LogP contribution is -2.18. The molecule has 0 bridgehead atoms. The van der Waals surface area contributed by atoms with Crippen LogP contribution in [0.5, 0.6) is 0 Å². The molecule has 0 aliphatic carbocycles. The van der Waals surface area contributed by atoms with Gasteiger partial charge >= 0.3 is 0 Å². The predicted octanol–water partition coefficient (Wildman–Crippen LogP) is 9.65. The highest BCUT2D eigenvalue weighted by molar-refractivity contribution is 5.79. The van der Waals surface area contributed by atoms with E-state index in [1.165, 1.54) is 22.3 Å². The number of rotatable bonds is 14. The molecule has 4 aromatic rings. The Morgan fingerprint density at radius 3 is 1.07 bits per heavy atom. The Morgan fingerprint density at radius 2 is 0.750 bits per heavy atom. The molecule has 0 radical (unpaired) electrons. The van der Waals surface area contributed by atoms with Crippen molar-refractivity contribution in [2.75, 3.05) is 0 Å². The average Bonchev–Trinajstić information content (AvgIpc) is 3.03. The Balaban J connectivity index is 0.000000257. The second-order valence-electron chi connectivity index (χ2n) is 12.2. The number of ketones is 3. The van der Waals surface area contributed by atoms with Gasteiger partial charge in [-0.05, 0) is 73.6 Å². The maximum Gasteiger partial charge on any atom is 0.133 e. The SMILES string of the molecule is CC(=O)CCc1ccccc1.CC(=O)CCc1ccccc1.CC(C)(CCc1ccccc1)CC(=O)CCc1ccccc1. The fourth-order valence-electron chi connectivity index (χ4n) is 4.70. The summed E-state index contributed by atoms with van der Waals surface area (Å²) in [4.78, 5) is 33.5. The molecule has 44 heavy (non-hydrogen) atoms. The summed E-state index contributed by atoms with van der Waals surface area (Å²) in [6.45, 7) is 7.67. The molecule has 4 rings (SSSR count). The molecule has 0 fully saturated rings. The largest absolute Gasteiger partial charge is 0.300 e. The maximum absolute atomic E-state index is 12.2. The van der Waals surface area contributed by atoms with E-state index in [4.69, 9.17) is 0 Å². The summed E-state index contributed by atoms with van der Waals surface area (Å²) in [5, 5.41) is 0. The van der Waals surface area contributed by atoms with Gasteiger partial charge in [0.05, 0.1) is 0 Å². The van der Waals surface area contributed by atoms with Crippen molar-refractivity contribution in [3.63, 3.8) is 0 Å². The summed E-state index contributed by atoms with van der Waals surface area (Å²) in [5.41, 5.74) is 5.15. The van der Waals surface area contributed by atoms with Crippen LogP contribution in [0.1, 0.15) is 82.1 Å². The van der Waals surface area contributed by atoms with Gasteiger partial charge in [0.25, 0.3) is 0 Å². The fraction of sp³-hybridized carbons (Fsp3) is 0.341. The second-order valence-corrected chi connectivity index (χ2v) is 12.2. The molecular weight excluding hydrogens is 540 g/mol. The van der Waals surface area contributed by atoms with Gasteiger partial charge in [0.15, 0.2) is 0 Å². The number of Topliss-reactive ketones (excluding diaryl/α,β-unsaturated/α-hetero) is 3. The molecular formula is C41H50O3. The van der Waals surface area contributed by atoms with E-state index < -0.39 is 0 Å². The standard InChI is InChI=1S/C21H26O.2C10H12O/c1-21(2,16-15-19-11-7-4-8-12-19)17-20(22)14-13-18-9-5-3-6-10-18;2*1-9(11)7-8-10-5-3-2-4-6-10/h3-12H,13-17H2,1-2H3;2*2-6H,7-8H2,1H3. The number of carbonyl (C=O) groups is 3. The van der Waals surface area contributed by atoms with Crippen molar-refractivity contribution in [3.05, 3.63) is 144 Å². The Morgan fingerprint density at radius 1 is 0.455 bits per heavy atom. The van der Waals surface area contributed by atoms with Crippen LogP contribution < -0.4 is 0 Å². The van der Waals surface area contributed by atoms with Crippen LogP contribution in [-0.4, -0.2) is 17.3 Å². The molecule has 0 aromatic heterocycles. The first-order valence-electron chi connectivity index (χ1n) is 15.8. The second kappa shape index (κ2) is 20.7. The van der Waals surface area contributed by atoms with Crippen LogP contribution in [0.25, 0.3) is 0 Å². The van der Waals surface area contributed by atoms with E-state index >= 15 is 0 Å². The lowest BCUT2D eigenvalue weighted by atomic mass is 9.81. The molecule has 0 aliphatic heterocycles. The summed E-state index contributed by atoms with van der Waals surface area (Å²) in [6.07, 6.45) is 7.33. The Bertz CT molecular complexity index is 1290. The Hall–Kier alpha value is -4.11. The maximum atomic E-state index is 12.2. The van der Waals surface area contributed by atoms with Crippen molar-refractivity contribution in [3.8, 4) is 0 Å². The first-order chi connectivity index (χ1) is 21.1. The molecule has 0 amide bonds. The molecule has 232 valence electrons. The molecule has 0 atom stereocenters. The van der Waals surface area contributed by atoms with Crippen molar-refractivity contribution >= 4 is 17.3 Å². The number of hydrogen-bond donors (Lipinski definition) is 0. The summed E-state index contributed by atoms with van der Waals surface area (Å²) >= 11 is 0. The van der Waals surface area contributed by atoms with Gasteiger partial charge < -0.3 is 9.59 Å². The topological polar surface area (TPSA) is 51.2 Å². The summed E-state index contributed by atoms with van der Waals surface area (Å²) in [7, 11) is 0. The molecule has 3 nitrogen and oxygen atoms in total. The lowest BCUT2D eigenvalue weighted by Gasteiger charge is -2.24. The number of carbonyl (C=O) groups excluding carboxylic acids is 3. The predicted molar refractivity (Wildman–Crippen MR) is 184 cm³/mol. The monoisotopic (exact) mass is 590 g/mol. The zero-order chi connectivity index (χ0) is 32.0. The molecule has 4 aromatic carbocycles. The Labute approximate surface area is 265 Å². The van der Waals surface area contributed by atoms with Gasteiger partial charge in [-0.3, -0.25) is 4.79 Å². The molecule has 0 saturated heterocycles. The highest BCUT2D eigenvalue weighted by Crippen LogP contribution is 2.28. The Kier molecular flexibility index (Phi) is 17.0. The van der Waals surface area contributed by atoms with Crippen molar-refractivity contribution < 1.29 is 14.4 Å². The molecule has 0 saturated carbocycles. The van der Waals surface area contributed by atoms with Gasteiger partial charge in [0.1, 0.15) is 17.3 Å². The van der Waals surface area contributed by atoms with Crippen LogP contribution in [0.3, 0.4) is 0 Å². The summed E-state index contributed by atoms with van der Waals surface area (Å²) in [6, 6.07) is 40.9. The third kappa shape index (κ3) is 17.8. The van der Waals surface area contributed by atoms with Gasteiger partial charge in [-0.1, -0.05) is 135 Å². The summed E-state index contributed by atoms with van der Waals surface area (Å²) in [5.74, 6) is 0.893. The van der Waals surface area contributed by atoms with Gasteiger partial charge in [-0.2, -0.15) is 0 Å². The van der Waals surface area contributed by atoms with E-state index in [-0.39, 0.29) is 17.0 Å². The quantitative estimate of drug-likeness (QED) is 0.147. The van der Waals surface area contributed by atoms with Crippen LogP contribution >= 0.6 is 0 Å². The van der Waals surface area contributed by atoms with Crippen molar-refractivity contribution in [2.45, 2.75) is 85.5 Å². The van der Waals surface area contributed by atoms with E-state index in [0.717, 1.165) is 32.1 Å². The van der Waals surface area contributed by atoms with Crippen molar-refractivity contribution in [2.24, 2.45) is 5.41 Å². The van der Waals surface area contributed by atoms with Crippen LogP contribution in [0.4, 0.5) is 0 Å². The first kappa shape index (κ1) is 36.1. The van der Waals surface area contributed by atoms with Gasteiger partial charge in [-0.15, -0.1) is 0 Å². The number of benzene rings is 4. The molecule has 0 N–H and O–H groups in total. The van der Waals surface area contributed by atoms with Crippen LogP contribution in [0.15, 0.2) is 121 Å². The normalized spacial score (nSPS) is 10.5. The van der Waals surface area contributed by atoms with Gasteiger partial charge in [0.2, 0.25) is 0 Å². The van der Waals surface area contributed by atoms with Crippen LogP contribution in [0, 0.1) is 5.41 Å². The van der Waals surface area contributed by atoms with Crippen molar-refractivity contribution in [1.29, 1.82) is 0 Å². The van der Waals surface area contributed by atoms with Gasteiger partial charge in [-0.25, -0.2) is 0 Å². The minimum Gasteiger partial charge on any atom is -0.300 e. The molecule has 3 heteroatoms. The number of hydrogen-bond acceptors (Lipinski definition) is 3. The van der Waals surface area contributed by atoms with Crippen LogP contribution in [0.2, 0.25) is 0 Å². The van der Waals surface area contributed by atoms with E-state index in [2.05, 4.69) is 50.2 Å². The third-order valence-corrected chi connectivity index (χ3v) is 7.36. The fourth-order valence-corrected chi connectivity index (χ4v) is 4.70. The zero-order valence-electron chi connectivity index (χ0n) is 27.1. The first-order valence-corrected chi connectivity index (χ1v) is 15.8.